The highest BCUT2D eigenvalue weighted by Crippen LogP contribution is 2.17. The first kappa shape index (κ1) is 12.1. The summed E-state index contributed by atoms with van der Waals surface area (Å²) in [7, 11) is 0. The second kappa shape index (κ2) is 5.76. The van der Waals surface area contributed by atoms with Crippen molar-refractivity contribution in [2.45, 2.75) is 33.7 Å². The molecule has 0 aliphatic carbocycles. The van der Waals surface area contributed by atoms with E-state index in [0.29, 0.717) is 6.04 Å². The van der Waals surface area contributed by atoms with E-state index in [0.717, 1.165) is 13.2 Å². The zero-order valence-corrected chi connectivity index (χ0v) is 10.1. The molecule has 0 aliphatic rings. The van der Waals surface area contributed by atoms with E-state index in [1.165, 1.54) is 16.8 Å². The zero-order chi connectivity index (χ0) is 11.3. The van der Waals surface area contributed by atoms with Crippen molar-refractivity contribution >= 4 is 5.69 Å². The second-order valence-electron chi connectivity index (χ2n) is 4.02. The van der Waals surface area contributed by atoms with Crippen LogP contribution in [0, 0.1) is 13.8 Å². The molecule has 1 N–H and O–H groups in total. The molecule has 1 atom stereocenters. The van der Waals surface area contributed by atoms with Gasteiger partial charge in [0.05, 0.1) is 6.61 Å². The van der Waals surface area contributed by atoms with Gasteiger partial charge in [-0.2, -0.15) is 0 Å². The third-order valence-corrected chi connectivity index (χ3v) is 2.37. The van der Waals surface area contributed by atoms with Gasteiger partial charge in [0.2, 0.25) is 0 Å². The molecule has 84 valence electrons. The van der Waals surface area contributed by atoms with Crippen LogP contribution in [0.5, 0.6) is 0 Å². The maximum Gasteiger partial charge on any atom is 0.0664 e. The molecule has 1 unspecified atom stereocenters. The Balaban J connectivity index is 2.59. The molecule has 0 radical (unpaired) electrons. The van der Waals surface area contributed by atoms with Crippen LogP contribution in [0.15, 0.2) is 18.2 Å². The monoisotopic (exact) mass is 207 g/mol. The summed E-state index contributed by atoms with van der Waals surface area (Å²) in [6.45, 7) is 9.91. The fourth-order valence-electron chi connectivity index (χ4n) is 1.49. The zero-order valence-electron chi connectivity index (χ0n) is 10.1. The summed E-state index contributed by atoms with van der Waals surface area (Å²) in [5.41, 5.74) is 3.78. The molecule has 1 aromatic rings. The van der Waals surface area contributed by atoms with Gasteiger partial charge in [-0.1, -0.05) is 12.1 Å². The number of nitrogens with one attached hydrogen (secondary N) is 1. The largest absolute Gasteiger partial charge is 0.380 e. The SMILES string of the molecule is CCOCC(C)Nc1cc(C)ccc1C. The second-order valence-corrected chi connectivity index (χ2v) is 4.02. The smallest absolute Gasteiger partial charge is 0.0664 e. The highest BCUT2D eigenvalue weighted by Gasteiger charge is 2.03. The van der Waals surface area contributed by atoms with Gasteiger partial charge in [0.1, 0.15) is 0 Å². The summed E-state index contributed by atoms with van der Waals surface area (Å²) in [5.74, 6) is 0. The first-order chi connectivity index (χ1) is 7.13. The fraction of sp³-hybridized carbons (Fsp3) is 0.538. The van der Waals surface area contributed by atoms with Crippen LogP contribution >= 0.6 is 0 Å². The third kappa shape index (κ3) is 3.92. The van der Waals surface area contributed by atoms with E-state index in [-0.39, 0.29) is 0 Å². The van der Waals surface area contributed by atoms with E-state index in [9.17, 15) is 0 Å². The van der Waals surface area contributed by atoms with Gasteiger partial charge in [0, 0.05) is 18.3 Å². The van der Waals surface area contributed by atoms with Gasteiger partial charge in [-0.15, -0.1) is 0 Å². The van der Waals surface area contributed by atoms with Gasteiger partial charge in [-0.05, 0) is 44.9 Å². The van der Waals surface area contributed by atoms with Gasteiger partial charge < -0.3 is 10.1 Å². The topological polar surface area (TPSA) is 21.3 Å². The van der Waals surface area contributed by atoms with Crippen molar-refractivity contribution in [3.05, 3.63) is 29.3 Å². The van der Waals surface area contributed by atoms with Crippen molar-refractivity contribution in [1.82, 2.24) is 0 Å². The summed E-state index contributed by atoms with van der Waals surface area (Å²) >= 11 is 0. The molecule has 15 heavy (non-hydrogen) atoms. The minimum Gasteiger partial charge on any atom is -0.380 e. The summed E-state index contributed by atoms with van der Waals surface area (Å²) in [5, 5.41) is 3.46. The minimum absolute atomic E-state index is 0.352. The summed E-state index contributed by atoms with van der Waals surface area (Å²) in [4.78, 5) is 0. The normalized spacial score (nSPS) is 12.5. The average Bonchev–Trinajstić information content (AvgIpc) is 2.20. The Morgan fingerprint density at radius 2 is 2.07 bits per heavy atom. The van der Waals surface area contributed by atoms with E-state index < -0.39 is 0 Å². The van der Waals surface area contributed by atoms with Crippen LogP contribution in [0.2, 0.25) is 0 Å². The number of benzene rings is 1. The number of hydrogen-bond donors (Lipinski definition) is 1. The molecule has 1 rings (SSSR count). The van der Waals surface area contributed by atoms with Crippen LogP contribution < -0.4 is 5.32 Å². The van der Waals surface area contributed by atoms with Gasteiger partial charge >= 0.3 is 0 Å². The Labute approximate surface area is 92.6 Å². The lowest BCUT2D eigenvalue weighted by atomic mass is 10.1. The molecule has 1 aromatic carbocycles. The molecule has 0 aromatic heterocycles. The van der Waals surface area contributed by atoms with Crippen molar-refractivity contribution in [2.75, 3.05) is 18.5 Å². The Morgan fingerprint density at radius 3 is 2.73 bits per heavy atom. The molecule has 2 heteroatoms. The Bertz CT molecular complexity index is 309. The molecular weight excluding hydrogens is 186 g/mol. The summed E-state index contributed by atoms with van der Waals surface area (Å²) < 4.78 is 5.38. The van der Waals surface area contributed by atoms with Crippen LogP contribution in [-0.4, -0.2) is 19.3 Å². The standard InChI is InChI=1S/C13H21NO/c1-5-15-9-12(4)14-13-8-10(2)6-7-11(13)3/h6-8,12,14H,5,9H2,1-4H3. The van der Waals surface area contributed by atoms with Crippen molar-refractivity contribution in [2.24, 2.45) is 0 Å². The number of aryl methyl sites for hydroxylation is 2. The first-order valence-electron chi connectivity index (χ1n) is 5.55. The Kier molecular flexibility index (Phi) is 4.63. The predicted molar refractivity (Wildman–Crippen MR) is 65.5 cm³/mol. The van der Waals surface area contributed by atoms with Crippen LogP contribution in [0.4, 0.5) is 5.69 Å². The highest BCUT2D eigenvalue weighted by atomic mass is 16.5. The van der Waals surface area contributed by atoms with E-state index >= 15 is 0 Å². The molecule has 0 fully saturated rings. The van der Waals surface area contributed by atoms with Crippen molar-refractivity contribution in [3.63, 3.8) is 0 Å². The summed E-state index contributed by atoms with van der Waals surface area (Å²) in [6.07, 6.45) is 0. The van der Waals surface area contributed by atoms with E-state index in [4.69, 9.17) is 4.74 Å². The van der Waals surface area contributed by atoms with Crippen LogP contribution in [0.1, 0.15) is 25.0 Å². The maximum atomic E-state index is 5.38. The van der Waals surface area contributed by atoms with Crippen LogP contribution in [-0.2, 0) is 4.74 Å². The van der Waals surface area contributed by atoms with Gasteiger partial charge in [0.25, 0.3) is 0 Å². The average molecular weight is 207 g/mol. The fourth-order valence-corrected chi connectivity index (χ4v) is 1.49. The molecule has 0 aliphatic heterocycles. The summed E-state index contributed by atoms with van der Waals surface area (Å²) in [6, 6.07) is 6.81. The van der Waals surface area contributed by atoms with Gasteiger partial charge in [-0.25, -0.2) is 0 Å². The minimum atomic E-state index is 0.352. The molecular formula is C13H21NO. The van der Waals surface area contributed by atoms with Crippen molar-refractivity contribution in [1.29, 1.82) is 0 Å². The van der Waals surface area contributed by atoms with E-state index in [1.54, 1.807) is 0 Å². The molecule has 0 heterocycles. The van der Waals surface area contributed by atoms with Crippen molar-refractivity contribution < 1.29 is 4.74 Å². The number of rotatable bonds is 5. The lowest BCUT2D eigenvalue weighted by molar-refractivity contribution is 0.141. The molecule has 2 nitrogen and oxygen atoms in total. The first-order valence-corrected chi connectivity index (χ1v) is 5.55. The number of anilines is 1. The van der Waals surface area contributed by atoms with Gasteiger partial charge in [0.15, 0.2) is 0 Å². The highest BCUT2D eigenvalue weighted by molar-refractivity contribution is 5.53. The number of hydrogen-bond acceptors (Lipinski definition) is 2. The lowest BCUT2D eigenvalue weighted by Gasteiger charge is -2.17. The quantitative estimate of drug-likeness (QED) is 0.801. The molecule has 0 amide bonds. The Morgan fingerprint density at radius 1 is 1.33 bits per heavy atom. The number of ether oxygens (including phenoxy) is 1. The van der Waals surface area contributed by atoms with E-state index in [2.05, 4.69) is 44.3 Å². The molecule has 0 bridgehead atoms. The maximum absolute atomic E-state index is 5.38. The molecule has 0 spiro atoms. The van der Waals surface area contributed by atoms with Crippen LogP contribution in [0.25, 0.3) is 0 Å². The van der Waals surface area contributed by atoms with Crippen molar-refractivity contribution in [3.8, 4) is 0 Å². The van der Waals surface area contributed by atoms with Gasteiger partial charge in [-0.3, -0.25) is 0 Å². The third-order valence-electron chi connectivity index (χ3n) is 2.37. The van der Waals surface area contributed by atoms with E-state index in [1.807, 2.05) is 6.92 Å². The lowest BCUT2D eigenvalue weighted by Crippen LogP contribution is -2.22. The predicted octanol–water partition coefficient (Wildman–Crippen LogP) is 3.14. The molecule has 0 saturated heterocycles. The Hall–Kier alpha value is -1.02. The van der Waals surface area contributed by atoms with Crippen LogP contribution in [0.3, 0.4) is 0 Å². The molecule has 0 saturated carbocycles.